The summed E-state index contributed by atoms with van der Waals surface area (Å²) in [6, 6.07) is 9.49. The van der Waals surface area contributed by atoms with Crippen molar-refractivity contribution in [3.63, 3.8) is 0 Å². The van der Waals surface area contributed by atoms with Crippen molar-refractivity contribution in [2.75, 3.05) is 13.2 Å². The van der Waals surface area contributed by atoms with Gasteiger partial charge in [-0.1, -0.05) is 12.1 Å². The van der Waals surface area contributed by atoms with E-state index in [1.807, 2.05) is 0 Å². The Labute approximate surface area is 179 Å². The van der Waals surface area contributed by atoms with Crippen LogP contribution in [0.5, 0.6) is 0 Å². The number of pyridine rings is 2. The van der Waals surface area contributed by atoms with Crippen molar-refractivity contribution in [3.8, 4) is 0 Å². The molecule has 0 aliphatic heterocycles. The molecule has 2 heterocycles. The van der Waals surface area contributed by atoms with E-state index in [9.17, 15) is 20.0 Å². The van der Waals surface area contributed by atoms with E-state index < -0.39 is 12.2 Å². The number of aryl methyl sites for hydroxylation is 2. The molecule has 1 radical (unpaired) electrons. The van der Waals surface area contributed by atoms with Crippen LogP contribution in [0.15, 0.2) is 36.4 Å². The normalized spacial score (nSPS) is 9.24. The van der Waals surface area contributed by atoms with Crippen molar-refractivity contribution in [3.05, 3.63) is 68.8 Å². The van der Waals surface area contributed by atoms with Gasteiger partial charge in [-0.15, -0.1) is 0 Å². The molecule has 2 aromatic heterocycles. The van der Waals surface area contributed by atoms with Crippen LogP contribution in [0.4, 0.5) is 21.2 Å². The third kappa shape index (κ3) is 8.67. The number of rotatable bonds is 4. The number of nitrogens with zero attached hydrogens (tertiary/aromatic N) is 4. The number of carbonyl (C=O) groups is 2. The predicted octanol–water partition coefficient (Wildman–Crippen LogP) is 3.58. The van der Waals surface area contributed by atoms with Crippen LogP contribution in [0.1, 0.15) is 25.2 Å². The summed E-state index contributed by atoms with van der Waals surface area (Å²) in [5.41, 5.74) is 0.964. The molecule has 0 spiro atoms. The first kappa shape index (κ1) is 26.0. The number of aromatic nitrogens is 2. The average molecular weight is 454 g/mol. The number of ether oxygens (including phenoxy) is 2. The Bertz CT molecular complexity index is 751. The maximum atomic E-state index is 11.3. The van der Waals surface area contributed by atoms with Crippen LogP contribution in [-0.2, 0) is 26.5 Å². The van der Waals surface area contributed by atoms with Gasteiger partial charge in [-0.25, -0.2) is 9.59 Å². The minimum atomic E-state index is -0.747. The molecular weight excluding hydrogens is 432 g/mol. The molecule has 0 aliphatic carbocycles. The molecule has 0 aliphatic rings. The van der Waals surface area contributed by atoms with Crippen LogP contribution in [0, 0.1) is 24.3 Å². The molecular formula is C18H22CuN4O6. The smallest absolute Gasteiger partial charge is 0.804 e. The van der Waals surface area contributed by atoms with Gasteiger partial charge in [0.15, 0.2) is 0 Å². The monoisotopic (exact) mass is 453 g/mol. The third-order valence-corrected chi connectivity index (χ3v) is 3.17. The average Bonchev–Trinajstić information content (AvgIpc) is 2.64. The maximum Gasteiger partial charge on any atom is 2.00 e. The SMILES string of the molecule is CCOC(=O)[N-]c1cccc(C)[n+]1[O-].CCOC(=O)[N-]c1cccc(C)[n+]1[O-].[Cu+2]. The quantitative estimate of drug-likeness (QED) is 0.394. The van der Waals surface area contributed by atoms with E-state index >= 15 is 0 Å². The maximum absolute atomic E-state index is 11.3. The summed E-state index contributed by atoms with van der Waals surface area (Å²) in [6.45, 7) is 7.11. The van der Waals surface area contributed by atoms with Crippen molar-refractivity contribution >= 4 is 23.8 Å². The largest absolute Gasteiger partial charge is 2.00 e. The molecule has 0 saturated heterocycles. The molecule has 11 heteroatoms. The molecule has 2 amide bonds. The Kier molecular flexibility index (Phi) is 11.8. The summed E-state index contributed by atoms with van der Waals surface area (Å²) < 4.78 is 10.3. The standard InChI is InChI=1S/2C9H12N2O3.Cu/c2*1-3-14-9(12)10-8-6-4-5-7(2)11(8)13;/h2*4-6H,3H2,1-2H3,(H,10,12);/q;;+2/p-2. The molecule has 2 rings (SSSR count). The van der Waals surface area contributed by atoms with Gasteiger partial charge in [0.1, 0.15) is 11.6 Å². The number of hydrogen-bond donors (Lipinski definition) is 0. The van der Waals surface area contributed by atoms with Crippen LogP contribution in [0.25, 0.3) is 10.6 Å². The Hall–Kier alpha value is -3.04. The molecule has 0 unspecified atom stereocenters. The van der Waals surface area contributed by atoms with Crippen molar-refractivity contribution < 1.29 is 45.6 Å². The molecule has 2 aromatic rings. The topological polar surface area (TPSA) is 135 Å². The number of hydrogen-bond acceptors (Lipinski definition) is 6. The zero-order valence-electron chi connectivity index (χ0n) is 16.4. The van der Waals surface area contributed by atoms with E-state index in [0.29, 0.717) is 20.8 Å². The minimum absolute atomic E-state index is 0. The van der Waals surface area contributed by atoms with E-state index in [1.54, 1.807) is 52.0 Å². The second kappa shape index (κ2) is 13.2. The third-order valence-electron chi connectivity index (χ3n) is 3.17. The van der Waals surface area contributed by atoms with Gasteiger partial charge >= 0.3 is 29.3 Å². The van der Waals surface area contributed by atoms with Gasteiger partial charge in [0.05, 0.1) is 13.2 Å². The van der Waals surface area contributed by atoms with Crippen LogP contribution in [0.3, 0.4) is 0 Å². The Balaban J connectivity index is 0.000000523. The van der Waals surface area contributed by atoms with Gasteiger partial charge in [-0.05, 0) is 52.0 Å². The van der Waals surface area contributed by atoms with Gasteiger partial charge < -0.3 is 29.3 Å². The summed E-state index contributed by atoms with van der Waals surface area (Å²) in [5.74, 6) is 0.0897. The van der Waals surface area contributed by atoms with E-state index in [-0.39, 0.29) is 41.9 Å². The van der Waals surface area contributed by atoms with Crippen LogP contribution in [0.2, 0.25) is 0 Å². The molecule has 0 fully saturated rings. The summed E-state index contributed by atoms with van der Waals surface area (Å²) in [5, 5.41) is 29.6. The van der Waals surface area contributed by atoms with Crippen molar-refractivity contribution in [2.24, 2.45) is 0 Å². The fourth-order valence-electron chi connectivity index (χ4n) is 1.84. The van der Waals surface area contributed by atoms with Crippen LogP contribution < -0.4 is 9.46 Å². The zero-order chi connectivity index (χ0) is 21.1. The Morgan fingerprint density at radius 3 is 1.48 bits per heavy atom. The van der Waals surface area contributed by atoms with Gasteiger partial charge in [-0.3, -0.25) is 0 Å². The van der Waals surface area contributed by atoms with E-state index in [4.69, 9.17) is 0 Å². The minimum Gasteiger partial charge on any atom is -0.804 e. The second-order valence-electron chi connectivity index (χ2n) is 5.26. The summed E-state index contributed by atoms with van der Waals surface area (Å²) in [4.78, 5) is 21.9. The summed E-state index contributed by atoms with van der Waals surface area (Å²) >= 11 is 0. The van der Waals surface area contributed by atoms with Crippen LogP contribution >= 0.6 is 0 Å². The molecule has 0 bridgehead atoms. The Morgan fingerprint density at radius 2 is 1.17 bits per heavy atom. The molecule has 10 nitrogen and oxygen atoms in total. The second-order valence-corrected chi connectivity index (χ2v) is 5.26. The van der Waals surface area contributed by atoms with Gasteiger partial charge in [0.25, 0.3) is 0 Å². The van der Waals surface area contributed by atoms with Gasteiger partial charge in [-0.2, -0.15) is 10.6 Å². The molecule has 0 N–H and O–H groups in total. The molecule has 0 aromatic carbocycles. The number of carbonyl (C=O) groups excluding carboxylic acids is 2. The first-order valence-electron chi connectivity index (χ1n) is 8.45. The summed E-state index contributed by atoms with van der Waals surface area (Å²) in [6.07, 6.45) is -1.49. The van der Waals surface area contributed by atoms with E-state index in [2.05, 4.69) is 20.1 Å². The number of amides is 2. The van der Waals surface area contributed by atoms with Crippen molar-refractivity contribution in [1.82, 2.24) is 0 Å². The predicted molar refractivity (Wildman–Crippen MR) is 100 cm³/mol. The zero-order valence-corrected chi connectivity index (χ0v) is 17.4. The van der Waals surface area contributed by atoms with Gasteiger partial charge in [0.2, 0.25) is 0 Å². The molecule has 29 heavy (non-hydrogen) atoms. The first-order chi connectivity index (χ1) is 13.3. The fourth-order valence-corrected chi connectivity index (χ4v) is 1.84. The van der Waals surface area contributed by atoms with E-state index in [0.717, 1.165) is 0 Å². The fraction of sp³-hybridized carbons (Fsp3) is 0.333. The van der Waals surface area contributed by atoms with Crippen molar-refractivity contribution in [1.29, 1.82) is 0 Å². The van der Waals surface area contributed by atoms with Crippen LogP contribution in [-0.4, -0.2) is 25.4 Å². The molecule has 0 saturated carbocycles. The summed E-state index contributed by atoms with van der Waals surface area (Å²) in [7, 11) is 0. The van der Waals surface area contributed by atoms with Gasteiger partial charge in [0, 0.05) is 11.4 Å². The Morgan fingerprint density at radius 1 is 0.828 bits per heavy atom. The van der Waals surface area contributed by atoms with E-state index in [1.165, 1.54) is 12.1 Å². The van der Waals surface area contributed by atoms with Crippen molar-refractivity contribution in [2.45, 2.75) is 27.7 Å². The first-order valence-corrected chi connectivity index (χ1v) is 8.45. The molecule has 161 valence electrons. The molecule has 0 atom stereocenters.